The summed E-state index contributed by atoms with van der Waals surface area (Å²) < 4.78 is 19.5. The number of benzene rings is 2. The molecule has 10 heteroatoms. The standard InChI is InChI=1S/C27H25ClFN7O/c1-18-4-2-7-23(28)25(18)19-5-3-6-20(14-19)33-22-9-8-21(30-15-22)16-32-35-27-31-17-24(29)26(34-27)36-10-12-37-13-11-36/h2-9,14-17,33H,10-13H2,1H3,(H,31,34,35)/b32-16+. The Bertz CT molecular complexity index is 1390. The molecule has 1 aliphatic heterocycles. The lowest BCUT2D eigenvalue weighted by Gasteiger charge is -2.27. The van der Waals surface area contributed by atoms with E-state index >= 15 is 0 Å². The predicted molar refractivity (Wildman–Crippen MR) is 145 cm³/mol. The highest BCUT2D eigenvalue weighted by molar-refractivity contribution is 6.33. The highest BCUT2D eigenvalue weighted by Crippen LogP contribution is 2.33. The highest BCUT2D eigenvalue weighted by Gasteiger charge is 2.17. The van der Waals surface area contributed by atoms with E-state index in [0.29, 0.717) is 32.0 Å². The molecule has 2 aromatic heterocycles. The average Bonchev–Trinajstić information content (AvgIpc) is 2.91. The van der Waals surface area contributed by atoms with Crippen molar-refractivity contribution in [3.05, 3.63) is 89.1 Å². The van der Waals surface area contributed by atoms with Gasteiger partial charge in [0.15, 0.2) is 11.6 Å². The molecule has 1 aliphatic rings. The zero-order valence-electron chi connectivity index (χ0n) is 20.2. The Balaban J connectivity index is 1.22. The van der Waals surface area contributed by atoms with Crippen LogP contribution in [0.1, 0.15) is 11.3 Å². The maximum absolute atomic E-state index is 14.2. The second-order valence-corrected chi connectivity index (χ2v) is 8.85. The number of aryl methyl sites for hydroxylation is 1. The maximum atomic E-state index is 14.2. The first-order valence-electron chi connectivity index (χ1n) is 11.8. The molecule has 1 fully saturated rings. The number of nitrogens with one attached hydrogen (secondary N) is 2. The Kier molecular flexibility index (Phi) is 7.53. The molecule has 37 heavy (non-hydrogen) atoms. The monoisotopic (exact) mass is 517 g/mol. The molecule has 0 amide bonds. The molecule has 2 aromatic carbocycles. The van der Waals surface area contributed by atoms with E-state index in [9.17, 15) is 4.39 Å². The second-order valence-electron chi connectivity index (χ2n) is 8.44. The summed E-state index contributed by atoms with van der Waals surface area (Å²) in [6.45, 7) is 4.27. The number of anilines is 4. The fraction of sp³-hybridized carbons (Fsp3) is 0.185. The van der Waals surface area contributed by atoms with E-state index in [0.717, 1.165) is 39.3 Å². The minimum absolute atomic E-state index is 0.200. The van der Waals surface area contributed by atoms with Crippen molar-refractivity contribution in [2.45, 2.75) is 6.92 Å². The van der Waals surface area contributed by atoms with Crippen LogP contribution in [0.15, 0.2) is 72.1 Å². The number of hydrogen-bond donors (Lipinski definition) is 2. The van der Waals surface area contributed by atoms with E-state index in [1.54, 1.807) is 12.4 Å². The van der Waals surface area contributed by atoms with Gasteiger partial charge < -0.3 is 15.0 Å². The van der Waals surface area contributed by atoms with Crippen molar-refractivity contribution in [2.75, 3.05) is 41.9 Å². The molecule has 5 rings (SSSR count). The number of hydrogen-bond acceptors (Lipinski definition) is 8. The summed E-state index contributed by atoms with van der Waals surface area (Å²) in [6, 6.07) is 17.7. The van der Waals surface area contributed by atoms with Crippen LogP contribution in [-0.4, -0.2) is 47.5 Å². The summed E-state index contributed by atoms with van der Waals surface area (Å²) in [5.41, 5.74) is 8.30. The molecule has 0 saturated carbocycles. The van der Waals surface area contributed by atoms with Crippen molar-refractivity contribution in [1.29, 1.82) is 0 Å². The molecule has 8 nitrogen and oxygen atoms in total. The molecule has 0 bridgehead atoms. The number of aromatic nitrogens is 3. The summed E-state index contributed by atoms with van der Waals surface area (Å²) in [5.74, 6) is -0.0434. The Morgan fingerprint density at radius 3 is 2.65 bits per heavy atom. The van der Waals surface area contributed by atoms with E-state index in [1.165, 1.54) is 0 Å². The van der Waals surface area contributed by atoms with E-state index in [-0.39, 0.29) is 11.8 Å². The third kappa shape index (κ3) is 6.02. The number of hydrazone groups is 1. The molecule has 4 aromatic rings. The van der Waals surface area contributed by atoms with Gasteiger partial charge in [-0.1, -0.05) is 35.9 Å². The SMILES string of the molecule is Cc1cccc(Cl)c1-c1cccc(Nc2ccc(/C=N/Nc3ncc(F)c(N4CCOCC4)n3)nc2)c1. The van der Waals surface area contributed by atoms with Crippen LogP contribution in [0.2, 0.25) is 5.02 Å². The van der Waals surface area contributed by atoms with Gasteiger partial charge in [0.25, 0.3) is 0 Å². The van der Waals surface area contributed by atoms with E-state index in [2.05, 4.69) is 36.9 Å². The van der Waals surface area contributed by atoms with E-state index < -0.39 is 5.82 Å². The summed E-state index contributed by atoms with van der Waals surface area (Å²) in [7, 11) is 0. The predicted octanol–water partition coefficient (Wildman–Crippen LogP) is 5.67. The number of ether oxygens (including phenoxy) is 1. The zero-order chi connectivity index (χ0) is 25.6. The lowest BCUT2D eigenvalue weighted by molar-refractivity contribution is 0.122. The molecule has 0 radical (unpaired) electrons. The van der Waals surface area contributed by atoms with Crippen LogP contribution >= 0.6 is 11.6 Å². The minimum atomic E-state index is -0.478. The number of nitrogens with zero attached hydrogens (tertiary/aromatic N) is 5. The van der Waals surface area contributed by atoms with Gasteiger partial charge >= 0.3 is 0 Å². The van der Waals surface area contributed by atoms with Crippen molar-refractivity contribution < 1.29 is 9.13 Å². The van der Waals surface area contributed by atoms with Crippen LogP contribution in [0.5, 0.6) is 0 Å². The number of halogens is 2. The van der Waals surface area contributed by atoms with Crippen LogP contribution in [0.3, 0.4) is 0 Å². The lowest BCUT2D eigenvalue weighted by atomic mass is 10.00. The first-order valence-corrected chi connectivity index (χ1v) is 12.2. The number of pyridine rings is 1. The average molecular weight is 518 g/mol. The lowest BCUT2D eigenvalue weighted by Crippen LogP contribution is -2.37. The van der Waals surface area contributed by atoms with Crippen LogP contribution in [0, 0.1) is 12.7 Å². The van der Waals surface area contributed by atoms with Gasteiger partial charge in [-0.25, -0.2) is 14.8 Å². The minimum Gasteiger partial charge on any atom is -0.378 e. The molecule has 1 saturated heterocycles. The summed E-state index contributed by atoms with van der Waals surface area (Å²) in [5, 5.41) is 8.23. The van der Waals surface area contributed by atoms with Crippen molar-refractivity contribution in [3.8, 4) is 11.1 Å². The van der Waals surface area contributed by atoms with Gasteiger partial charge in [-0.3, -0.25) is 4.98 Å². The normalized spacial score (nSPS) is 13.6. The van der Waals surface area contributed by atoms with Crippen LogP contribution in [0.25, 0.3) is 11.1 Å². The van der Waals surface area contributed by atoms with Gasteiger partial charge in [0, 0.05) is 29.4 Å². The molecule has 0 atom stereocenters. The quantitative estimate of drug-likeness (QED) is 0.241. The Morgan fingerprint density at radius 1 is 1.03 bits per heavy atom. The smallest absolute Gasteiger partial charge is 0.245 e. The van der Waals surface area contributed by atoms with Crippen LogP contribution < -0.4 is 15.6 Å². The molecular formula is C27H25ClFN7O. The highest BCUT2D eigenvalue weighted by atomic mass is 35.5. The molecular weight excluding hydrogens is 493 g/mol. The molecule has 3 heterocycles. The van der Waals surface area contributed by atoms with E-state index in [4.69, 9.17) is 16.3 Å². The van der Waals surface area contributed by atoms with Gasteiger partial charge in [0.2, 0.25) is 5.95 Å². The van der Waals surface area contributed by atoms with Crippen molar-refractivity contribution in [3.63, 3.8) is 0 Å². The topological polar surface area (TPSA) is 87.6 Å². The molecule has 0 spiro atoms. The number of rotatable bonds is 7. The summed E-state index contributed by atoms with van der Waals surface area (Å²) in [6.07, 6.45) is 4.40. The Labute approximate surface area is 219 Å². The molecule has 2 N–H and O–H groups in total. The fourth-order valence-corrected chi connectivity index (χ4v) is 4.37. The van der Waals surface area contributed by atoms with Crippen LogP contribution in [0.4, 0.5) is 27.5 Å². The first-order chi connectivity index (χ1) is 18.1. The van der Waals surface area contributed by atoms with Crippen molar-refractivity contribution >= 4 is 41.0 Å². The third-order valence-corrected chi connectivity index (χ3v) is 6.16. The van der Waals surface area contributed by atoms with Gasteiger partial charge in [-0.2, -0.15) is 10.1 Å². The van der Waals surface area contributed by atoms with Gasteiger partial charge in [0.05, 0.1) is 43.2 Å². The van der Waals surface area contributed by atoms with Gasteiger partial charge in [-0.05, 0) is 48.4 Å². The summed E-state index contributed by atoms with van der Waals surface area (Å²) in [4.78, 5) is 14.5. The van der Waals surface area contributed by atoms with Crippen molar-refractivity contribution in [1.82, 2.24) is 15.0 Å². The molecule has 188 valence electrons. The summed E-state index contributed by atoms with van der Waals surface area (Å²) >= 11 is 6.45. The number of morpholine rings is 1. The third-order valence-electron chi connectivity index (χ3n) is 5.85. The Hall–Kier alpha value is -4.08. The molecule has 0 aliphatic carbocycles. The van der Waals surface area contributed by atoms with Crippen molar-refractivity contribution in [2.24, 2.45) is 5.10 Å². The zero-order valence-corrected chi connectivity index (χ0v) is 20.9. The van der Waals surface area contributed by atoms with Gasteiger partial charge in [0.1, 0.15) is 0 Å². The van der Waals surface area contributed by atoms with E-state index in [1.807, 2.05) is 60.4 Å². The van der Waals surface area contributed by atoms with Gasteiger partial charge in [-0.15, -0.1) is 0 Å². The first kappa shape index (κ1) is 24.6. The molecule has 0 unspecified atom stereocenters. The maximum Gasteiger partial charge on any atom is 0.245 e. The largest absolute Gasteiger partial charge is 0.378 e. The Morgan fingerprint density at radius 2 is 1.86 bits per heavy atom. The second kappa shape index (κ2) is 11.3. The van der Waals surface area contributed by atoms with Crippen LogP contribution in [-0.2, 0) is 4.74 Å². The fourth-order valence-electron chi connectivity index (χ4n) is 4.04.